The Balaban J connectivity index is 2.13. The molecule has 0 aromatic carbocycles. The van der Waals surface area contributed by atoms with Crippen molar-refractivity contribution in [2.45, 2.75) is 43.8 Å². The summed E-state index contributed by atoms with van der Waals surface area (Å²) in [4.78, 5) is 3.72. The number of nitrogens with zero attached hydrogens (tertiary/aromatic N) is 1. The van der Waals surface area contributed by atoms with E-state index in [0.717, 1.165) is 38.2 Å². The number of ether oxygens (including phenoxy) is 1. The highest BCUT2D eigenvalue weighted by atomic mass is 79.9. The molecular formula is C13H16BrF3N2O. The molecule has 1 aliphatic carbocycles. The lowest BCUT2D eigenvalue weighted by atomic mass is 9.83. The van der Waals surface area contributed by atoms with Crippen molar-refractivity contribution in [3.8, 4) is 5.88 Å². The van der Waals surface area contributed by atoms with Gasteiger partial charge in [-0.25, -0.2) is 4.98 Å². The van der Waals surface area contributed by atoms with Gasteiger partial charge in [-0.15, -0.1) is 0 Å². The van der Waals surface area contributed by atoms with Crippen molar-refractivity contribution in [3.05, 3.63) is 22.3 Å². The molecule has 2 N–H and O–H groups in total. The quantitative estimate of drug-likeness (QED) is 0.897. The summed E-state index contributed by atoms with van der Waals surface area (Å²) in [6, 6.07) is 0.965. The lowest BCUT2D eigenvalue weighted by molar-refractivity contribution is -0.139. The second kappa shape index (κ2) is 5.89. The molecule has 0 bridgehead atoms. The first kappa shape index (κ1) is 15.6. The van der Waals surface area contributed by atoms with Gasteiger partial charge in [0.05, 0.1) is 5.54 Å². The Labute approximate surface area is 123 Å². The molecule has 0 amide bonds. The van der Waals surface area contributed by atoms with E-state index in [-0.39, 0.29) is 11.1 Å². The van der Waals surface area contributed by atoms with Crippen LogP contribution in [-0.4, -0.2) is 17.1 Å². The van der Waals surface area contributed by atoms with Crippen molar-refractivity contribution in [1.82, 2.24) is 4.98 Å². The molecule has 0 saturated heterocycles. The highest BCUT2D eigenvalue weighted by Gasteiger charge is 2.36. The lowest BCUT2D eigenvalue weighted by Crippen LogP contribution is -2.47. The Hall–Kier alpha value is -0.820. The Morgan fingerprint density at radius 3 is 2.55 bits per heavy atom. The fourth-order valence-electron chi connectivity index (χ4n) is 2.36. The SMILES string of the molecule is NC1(COc2ncc(Br)cc2C(F)(F)F)CCCCC1. The van der Waals surface area contributed by atoms with E-state index in [2.05, 4.69) is 20.9 Å². The van der Waals surface area contributed by atoms with Crippen LogP contribution in [0.5, 0.6) is 5.88 Å². The number of hydrogen-bond acceptors (Lipinski definition) is 3. The molecule has 2 rings (SSSR count). The first-order valence-corrected chi connectivity index (χ1v) is 7.24. The number of aromatic nitrogens is 1. The van der Waals surface area contributed by atoms with Gasteiger partial charge in [-0.2, -0.15) is 13.2 Å². The molecule has 20 heavy (non-hydrogen) atoms. The van der Waals surface area contributed by atoms with Crippen LogP contribution in [0.1, 0.15) is 37.7 Å². The zero-order valence-corrected chi connectivity index (χ0v) is 12.4. The van der Waals surface area contributed by atoms with E-state index < -0.39 is 23.2 Å². The fourth-order valence-corrected chi connectivity index (χ4v) is 2.69. The van der Waals surface area contributed by atoms with Gasteiger partial charge in [0.2, 0.25) is 5.88 Å². The van der Waals surface area contributed by atoms with E-state index in [4.69, 9.17) is 10.5 Å². The van der Waals surface area contributed by atoms with E-state index in [1.807, 2.05) is 0 Å². The van der Waals surface area contributed by atoms with Crippen LogP contribution in [0.25, 0.3) is 0 Å². The van der Waals surface area contributed by atoms with E-state index in [9.17, 15) is 13.2 Å². The van der Waals surface area contributed by atoms with E-state index in [1.54, 1.807) is 0 Å². The summed E-state index contributed by atoms with van der Waals surface area (Å²) in [6.45, 7) is 0.0602. The van der Waals surface area contributed by atoms with Crippen LogP contribution in [0.2, 0.25) is 0 Å². The Kier molecular flexibility index (Phi) is 4.59. The van der Waals surface area contributed by atoms with Gasteiger partial charge in [-0.3, -0.25) is 0 Å². The maximum atomic E-state index is 12.9. The molecule has 1 saturated carbocycles. The van der Waals surface area contributed by atoms with Gasteiger partial charge in [0.25, 0.3) is 0 Å². The molecule has 1 aliphatic rings. The van der Waals surface area contributed by atoms with Crippen LogP contribution in [-0.2, 0) is 6.18 Å². The van der Waals surface area contributed by atoms with Crippen molar-refractivity contribution in [3.63, 3.8) is 0 Å². The van der Waals surface area contributed by atoms with Crippen molar-refractivity contribution in [2.24, 2.45) is 5.73 Å². The largest absolute Gasteiger partial charge is 0.475 e. The van der Waals surface area contributed by atoms with E-state index in [0.29, 0.717) is 0 Å². The minimum Gasteiger partial charge on any atom is -0.475 e. The molecule has 0 atom stereocenters. The molecule has 0 radical (unpaired) electrons. The Morgan fingerprint density at radius 2 is 1.95 bits per heavy atom. The molecule has 0 spiro atoms. The summed E-state index contributed by atoms with van der Waals surface area (Å²) < 4.78 is 44.3. The highest BCUT2D eigenvalue weighted by Crippen LogP contribution is 2.37. The summed E-state index contributed by atoms with van der Waals surface area (Å²) in [5.41, 5.74) is 4.72. The third-order valence-electron chi connectivity index (χ3n) is 3.47. The third-order valence-corrected chi connectivity index (χ3v) is 3.90. The number of nitrogens with two attached hydrogens (primary N) is 1. The molecule has 0 aliphatic heterocycles. The maximum Gasteiger partial charge on any atom is 0.421 e. The molecular weight excluding hydrogens is 337 g/mol. The zero-order chi connectivity index (χ0) is 14.8. The molecule has 112 valence electrons. The van der Waals surface area contributed by atoms with Gasteiger partial charge in [0.15, 0.2) is 0 Å². The summed E-state index contributed by atoms with van der Waals surface area (Å²) in [5.74, 6) is -0.406. The zero-order valence-electron chi connectivity index (χ0n) is 10.8. The summed E-state index contributed by atoms with van der Waals surface area (Å²) in [6.07, 6.45) is 1.41. The fraction of sp³-hybridized carbons (Fsp3) is 0.615. The van der Waals surface area contributed by atoms with Crippen LogP contribution >= 0.6 is 15.9 Å². The van der Waals surface area contributed by atoms with Crippen LogP contribution < -0.4 is 10.5 Å². The normalized spacial score (nSPS) is 18.9. The number of rotatable bonds is 3. The average molecular weight is 353 g/mol. The summed E-state index contributed by atoms with van der Waals surface area (Å²) in [5, 5.41) is 0. The van der Waals surface area contributed by atoms with Crippen molar-refractivity contribution < 1.29 is 17.9 Å². The van der Waals surface area contributed by atoms with Gasteiger partial charge < -0.3 is 10.5 Å². The number of hydrogen-bond donors (Lipinski definition) is 1. The minimum absolute atomic E-state index is 0.0602. The van der Waals surface area contributed by atoms with Crippen LogP contribution in [0.3, 0.4) is 0 Å². The molecule has 1 heterocycles. The number of alkyl halides is 3. The van der Waals surface area contributed by atoms with Gasteiger partial charge in [0, 0.05) is 10.7 Å². The molecule has 1 aromatic rings. The molecule has 3 nitrogen and oxygen atoms in total. The summed E-state index contributed by atoms with van der Waals surface area (Å²) in [7, 11) is 0. The Morgan fingerprint density at radius 1 is 1.30 bits per heavy atom. The second-order valence-electron chi connectivity index (χ2n) is 5.22. The van der Waals surface area contributed by atoms with Crippen molar-refractivity contribution in [2.75, 3.05) is 6.61 Å². The van der Waals surface area contributed by atoms with Crippen LogP contribution in [0, 0.1) is 0 Å². The van der Waals surface area contributed by atoms with Crippen molar-refractivity contribution >= 4 is 15.9 Å². The topological polar surface area (TPSA) is 48.1 Å². The minimum atomic E-state index is -4.50. The monoisotopic (exact) mass is 352 g/mol. The van der Waals surface area contributed by atoms with E-state index in [1.165, 1.54) is 6.20 Å². The summed E-state index contributed by atoms with van der Waals surface area (Å²) >= 11 is 2.98. The third kappa shape index (κ3) is 3.85. The number of halogens is 4. The van der Waals surface area contributed by atoms with Crippen LogP contribution in [0.15, 0.2) is 16.7 Å². The van der Waals surface area contributed by atoms with Gasteiger partial charge in [-0.05, 0) is 34.8 Å². The number of pyridine rings is 1. The van der Waals surface area contributed by atoms with Gasteiger partial charge >= 0.3 is 6.18 Å². The molecule has 0 unspecified atom stereocenters. The van der Waals surface area contributed by atoms with Crippen LogP contribution in [0.4, 0.5) is 13.2 Å². The standard InChI is InChI=1S/C13H16BrF3N2O/c14-9-6-10(13(15,16)17)11(19-7-9)20-8-12(18)4-2-1-3-5-12/h6-7H,1-5,8,18H2. The average Bonchev–Trinajstić information content (AvgIpc) is 2.37. The Bertz CT molecular complexity index is 473. The second-order valence-corrected chi connectivity index (χ2v) is 6.13. The molecule has 1 fully saturated rings. The molecule has 7 heteroatoms. The first-order chi connectivity index (χ1) is 9.30. The van der Waals surface area contributed by atoms with Gasteiger partial charge in [-0.1, -0.05) is 19.3 Å². The molecule has 1 aromatic heterocycles. The van der Waals surface area contributed by atoms with E-state index >= 15 is 0 Å². The maximum absolute atomic E-state index is 12.9. The lowest BCUT2D eigenvalue weighted by Gasteiger charge is -2.33. The van der Waals surface area contributed by atoms with Crippen molar-refractivity contribution in [1.29, 1.82) is 0 Å². The first-order valence-electron chi connectivity index (χ1n) is 6.45. The highest BCUT2D eigenvalue weighted by molar-refractivity contribution is 9.10. The predicted molar refractivity (Wildman–Crippen MR) is 72.4 cm³/mol. The smallest absolute Gasteiger partial charge is 0.421 e. The predicted octanol–water partition coefficient (Wildman–Crippen LogP) is 3.90. The van der Waals surface area contributed by atoms with Gasteiger partial charge in [0.1, 0.15) is 12.2 Å².